The van der Waals surface area contributed by atoms with Gasteiger partial charge in [-0.05, 0) is 41.5 Å². The lowest BCUT2D eigenvalue weighted by Crippen LogP contribution is -2.07. The number of benzene rings is 2. The average molecular weight is 355 g/mol. The Labute approximate surface area is 148 Å². The van der Waals surface area contributed by atoms with Crippen molar-refractivity contribution in [1.82, 2.24) is 4.98 Å². The lowest BCUT2D eigenvalue weighted by Gasteiger charge is -2.00. The van der Waals surface area contributed by atoms with Gasteiger partial charge in [0.1, 0.15) is 5.75 Å². The Bertz CT molecular complexity index is 921. The van der Waals surface area contributed by atoms with Gasteiger partial charge in [0.05, 0.1) is 24.9 Å². The van der Waals surface area contributed by atoms with E-state index in [9.17, 15) is 9.90 Å². The molecule has 2 aromatic carbocycles. The fraction of sp³-hybridized carbons (Fsp3) is 0.167. The van der Waals surface area contributed by atoms with Crippen molar-refractivity contribution in [3.8, 4) is 5.75 Å². The van der Waals surface area contributed by atoms with Gasteiger partial charge < -0.3 is 9.84 Å². The van der Waals surface area contributed by atoms with E-state index in [2.05, 4.69) is 15.5 Å². The summed E-state index contributed by atoms with van der Waals surface area (Å²) in [6, 6.07) is 11.1. The second-order valence-electron chi connectivity index (χ2n) is 5.29. The maximum Gasteiger partial charge on any atom is 0.311 e. The molecule has 128 valence electrons. The molecule has 0 aliphatic heterocycles. The Hall–Kier alpha value is -2.93. The van der Waals surface area contributed by atoms with Gasteiger partial charge in [0, 0.05) is 5.38 Å². The molecule has 0 amide bonds. The number of phenols is 1. The zero-order valence-corrected chi connectivity index (χ0v) is 14.4. The smallest absolute Gasteiger partial charge is 0.311 e. The second kappa shape index (κ2) is 7.76. The number of rotatable bonds is 6. The van der Waals surface area contributed by atoms with Crippen LogP contribution < -0.4 is 5.43 Å². The number of thiazole rings is 1. The van der Waals surface area contributed by atoms with Gasteiger partial charge in [-0.3, -0.25) is 10.2 Å². The molecule has 0 fully saturated rings. The largest absolute Gasteiger partial charge is 0.508 e. The number of hydrazone groups is 1. The van der Waals surface area contributed by atoms with Crippen molar-refractivity contribution in [2.75, 3.05) is 12.0 Å². The maximum absolute atomic E-state index is 11.4. The Morgan fingerprint density at radius 1 is 1.32 bits per heavy atom. The van der Waals surface area contributed by atoms with E-state index in [1.54, 1.807) is 30.7 Å². The van der Waals surface area contributed by atoms with Gasteiger partial charge in [0.2, 0.25) is 5.13 Å². The summed E-state index contributed by atoms with van der Waals surface area (Å²) in [6.07, 6.45) is 1.85. The van der Waals surface area contributed by atoms with Crippen LogP contribution in [0.2, 0.25) is 0 Å². The first-order chi connectivity index (χ1) is 12.1. The predicted octanol–water partition coefficient (Wildman–Crippen LogP) is 3.55. The number of nitrogens with one attached hydrogen (secondary N) is 1. The Kier molecular flexibility index (Phi) is 5.25. The van der Waals surface area contributed by atoms with Gasteiger partial charge in [-0.1, -0.05) is 18.2 Å². The quantitative estimate of drug-likeness (QED) is 0.401. The number of carbonyl (C=O) groups excluding carboxylic acids is 1. The van der Waals surface area contributed by atoms with Crippen molar-refractivity contribution < 1.29 is 14.6 Å². The molecule has 2 N–H and O–H groups in total. The van der Waals surface area contributed by atoms with Gasteiger partial charge >= 0.3 is 5.97 Å². The van der Waals surface area contributed by atoms with E-state index in [0.717, 1.165) is 16.3 Å². The van der Waals surface area contributed by atoms with Crippen molar-refractivity contribution in [3.63, 3.8) is 0 Å². The number of aromatic nitrogens is 1. The summed E-state index contributed by atoms with van der Waals surface area (Å²) in [5, 5.41) is 18.1. The first-order valence-electron chi connectivity index (χ1n) is 7.76. The van der Waals surface area contributed by atoms with Gasteiger partial charge in [-0.2, -0.15) is 5.10 Å². The molecule has 0 unspecified atom stereocenters. The molecule has 25 heavy (non-hydrogen) atoms. The summed E-state index contributed by atoms with van der Waals surface area (Å²) >= 11 is 1.38. The fourth-order valence-electron chi connectivity index (χ4n) is 2.29. The molecule has 0 saturated carbocycles. The summed E-state index contributed by atoms with van der Waals surface area (Å²) in [6.45, 7) is 2.14. The first-order valence-corrected chi connectivity index (χ1v) is 8.64. The van der Waals surface area contributed by atoms with E-state index in [1.807, 2.05) is 24.3 Å². The predicted molar refractivity (Wildman–Crippen MR) is 99.3 cm³/mol. The molecule has 1 heterocycles. The number of fused-ring (bicyclic) bond motifs is 1. The molecule has 0 aliphatic rings. The molecular weight excluding hydrogens is 338 g/mol. The molecule has 0 atom stereocenters. The van der Waals surface area contributed by atoms with E-state index in [1.165, 1.54) is 11.3 Å². The summed E-state index contributed by atoms with van der Waals surface area (Å²) in [7, 11) is 0. The van der Waals surface area contributed by atoms with Crippen molar-refractivity contribution in [2.45, 2.75) is 13.3 Å². The molecule has 0 bridgehead atoms. The highest BCUT2D eigenvalue weighted by atomic mass is 32.1. The molecule has 0 radical (unpaired) electrons. The highest BCUT2D eigenvalue weighted by Crippen LogP contribution is 2.21. The number of carbonyl (C=O) groups is 1. The molecule has 3 rings (SSSR count). The summed E-state index contributed by atoms with van der Waals surface area (Å²) in [5.41, 5.74) is 4.44. The third kappa shape index (κ3) is 4.54. The minimum absolute atomic E-state index is 0.160. The van der Waals surface area contributed by atoms with Gasteiger partial charge in [-0.15, -0.1) is 11.3 Å². The van der Waals surface area contributed by atoms with Crippen LogP contribution in [-0.2, 0) is 16.0 Å². The third-order valence-corrected chi connectivity index (χ3v) is 4.20. The topological polar surface area (TPSA) is 83.8 Å². The Balaban J connectivity index is 1.62. The molecule has 0 saturated heterocycles. The van der Waals surface area contributed by atoms with Crippen molar-refractivity contribution in [3.05, 3.63) is 53.0 Å². The SMILES string of the molecule is CCOC(=O)Cc1csc(NN=Cc2ccc3cc(O)ccc3c2)n1. The molecule has 0 spiro atoms. The Morgan fingerprint density at radius 2 is 2.12 bits per heavy atom. The Morgan fingerprint density at radius 3 is 2.96 bits per heavy atom. The highest BCUT2D eigenvalue weighted by Gasteiger charge is 2.07. The zero-order valence-electron chi connectivity index (χ0n) is 13.6. The fourth-order valence-corrected chi connectivity index (χ4v) is 2.95. The van der Waals surface area contributed by atoms with Crippen LogP contribution in [0.1, 0.15) is 18.2 Å². The second-order valence-corrected chi connectivity index (χ2v) is 6.14. The molecule has 3 aromatic rings. The van der Waals surface area contributed by atoms with Crippen molar-refractivity contribution in [2.24, 2.45) is 5.10 Å². The van der Waals surface area contributed by atoms with Crippen molar-refractivity contribution in [1.29, 1.82) is 0 Å². The van der Waals surface area contributed by atoms with Crippen LogP contribution in [0.15, 0.2) is 46.9 Å². The van der Waals surface area contributed by atoms with Crippen LogP contribution in [0.3, 0.4) is 0 Å². The molecule has 6 nitrogen and oxygen atoms in total. The van der Waals surface area contributed by atoms with Crippen LogP contribution in [0.4, 0.5) is 5.13 Å². The zero-order chi connectivity index (χ0) is 17.6. The van der Waals surface area contributed by atoms with Gasteiger partial charge in [0.25, 0.3) is 0 Å². The summed E-state index contributed by atoms with van der Waals surface area (Å²) in [5.74, 6) is -0.0389. The number of hydrogen-bond acceptors (Lipinski definition) is 7. The molecule has 0 aliphatic carbocycles. The van der Waals surface area contributed by atoms with Crippen LogP contribution in [-0.4, -0.2) is 28.9 Å². The number of nitrogens with zero attached hydrogens (tertiary/aromatic N) is 2. The number of aromatic hydroxyl groups is 1. The number of phenolic OH excluding ortho intramolecular Hbond substituents is 1. The highest BCUT2D eigenvalue weighted by molar-refractivity contribution is 7.13. The van der Waals surface area contributed by atoms with Crippen LogP contribution in [0.5, 0.6) is 5.75 Å². The summed E-state index contributed by atoms with van der Waals surface area (Å²) in [4.78, 5) is 15.7. The minimum Gasteiger partial charge on any atom is -0.508 e. The lowest BCUT2D eigenvalue weighted by atomic mass is 10.1. The van der Waals surface area contributed by atoms with E-state index in [0.29, 0.717) is 17.4 Å². The molecule has 1 aromatic heterocycles. The van der Waals surface area contributed by atoms with Gasteiger partial charge in [-0.25, -0.2) is 4.98 Å². The molecular formula is C18H17N3O3S. The number of ether oxygens (including phenoxy) is 1. The number of hydrogen-bond donors (Lipinski definition) is 2. The number of anilines is 1. The van der Waals surface area contributed by atoms with Gasteiger partial charge in [0.15, 0.2) is 0 Å². The number of esters is 1. The lowest BCUT2D eigenvalue weighted by molar-refractivity contribution is -0.142. The van der Waals surface area contributed by atoms with E-state index in [-0.39, 0.29) is 18.1 Å². The maximum atomic E-state index is 11.4. The van der Waals surface area contributed by atoms with E-state index >= 15 is 0 Å². The average Bonchev–Trinajstić information content (AvgIpc) is 3.02. The van der Waals surface area contributed by atoms with Crippen molar-refractivity contribution >= 4 is 39.4 Å². The monoisotopic (exact) mass is 355 g/mol. The van der Waals surface area contributed by atoms with Crippen LogP contribution in [0, 0.1) is 0 Å². The normalized spacial score (nSPS) is 11.1. The third-order valence-electron chi connectivity index (χ3n) is 3.40. The summed E-state index contributed by atoms with van der Waals surface area (Å²) < 4.78 is 4.90. The van der Waals surface area contributed by atoms with E-state index in [4.69, 9.17) is 4.74 Å². The first kappa shape index (κ1) is 16.9. The van der Waals surface area contributed by atoms with E-state index < -0.39 is 0 Å². The standard InChI is InChI=1S/C18H17N3O3S/c1-2-24-17(23)9-15-11-25-18(20-15)21-19-10-12-3-4-14-8-16(22)6-5-13(14)7-12/h3-8,10-11,22H,2,9H2,1H3,(H,20,21). The van der Waals surface area contributed by atoms with Crippen LogP contribution in [0.25, 0.3) is 10.8 Å². The molecule has 7 heteroatoms. The van der Waals surface area contributed by atoms with Crippen LogP contribution >= 0.6 is 11.3 Å². The minimum atomic E-state index is -0.287.